The smallest absolute Gasteiger partial charge is 0.242 e. The summed E-state index contributed by atoms with van der Waals surface area (Å²) >= 11 is 1.30. The summed E-state index contributed by atoms with van der Waals surface area (Å²) in [5, 5.41) is 2.77. The molecule has 0 heterocycles. The Morgan fingerprint density at radius 3 is 2.38 bits per heavy atom. The van der Waals surface area contributed by atoms with Crippen molar-refractivity contribution < 1.29 is 18.4 Å². The van der Waals surface area contributed by atoms with Crippen LogP contribution in [0.2, 0.25) is 0 Å². The predicted molar refractivity (Wildman–Crippen MR) is 112 cm³/mol. The number of nitrogens with one attached hydrogen (secondary N) is 1. The second-order valence-corrected chi connectivity index (χ2v) is 7.54. The van der Waals surface area contributed by atoms with Gasteiger partial charge in [0.25, 0.3) is 0 Å². The largest absolute Gasteiger partial charge is 0.355 e. The van der Waals surface area contributed by atoms with Gasteiger partial charge in [0.05, 0.1) is 5.75 Å². The van der Waals surface area contributed by atoms with Crippen LogP contribution in [0.1, 0.15) is 31.4 Å². The van der Waals surface area contributed by atoms with E-state index >= 15 is 0 Å². The summed E-state index contributed by atoms with van der Waals surface area (Å²) in [6.07, 6.45) is 0.455. The lowest BCUT2D eigenvalue weighted by molar-refractivity contribution is -0.139. The molecule has 0 aliphatic rings. The molecule has 1 N–H and O–H groups in total. The van der Waals surface area contributed by atoms with Crippen LogP contribution in [0, 0.1) is 11.6 Å². The fraction of sp³-hybridized carbons (Fsp3) is 0.364. The Bertz CT molecular complexity index is 815. The molecule has 0 aliphatic carbocycles. The summed E-state index contributed by atoms with van der Waals surface area (Å²) in [7, 11) is 0. The van der Waals surface area contributed by atoms with E-state index < -0.39 is 6.04 Å². The number of hydrogen-bond acceptors (Lipinski definition) is 3. The first-order valence-corrected chi connectivity index (χ1v) is 10.7. The van der Waals surface area contributed by atoms with Crippen molar-refractivity contribution in [3.05, 3.63) is 71.3 Å². The van der Waals surface area contributed by atoms with Gasteiger partial charge in [0.15, 0.2) is 0 Å². The van der Waals surface area contributed by atoms with Crippen LogP contribution in [0.3, 0.4) is 0 Å². The Kier molecular flexibility index (Phi) is 9.12. The lowest BCUT2D eigenvalue weighted by atomic mass is 10.1. The first kappa shape index (κ1) is 22.9. The van der Waals surface area contributed by atoms with Crippen LogP contribution < -0.4 is 5.32 Å². The Hall–Kier alpha value is -2.41. The average molecular weight is 421 g/mol. The highest BCUT2D eigenvalue weighted by Gasteiger charge is 2.28. The molecule has 0 radical (unpaired) electrons. The summed E-state index contributed by atoms with van der Waals surface area (Å²) < 4.78 is 27.0. The number of rotatable bonds is 10. The van der Waals surface area contributed by atoms with Gasteiger partial charge in [-0.1, -0.05) is 37.3 Å². The molecule has 1 unspecified atom stereocenters. The van der Waals surface area contributed by atoms with Gasteiger partial charge in [0.2, 0.25) is 11.8 Å². The molecule has 1 atom stereocenters. The second-order valence-electron chi connectivity index (χ2n) is 6.55. The maximum absolute atomic E-state index is 13.8. The summed E-state index contributed by atoms with van der Waals surface area (Å²) in [5.74, 6) is -0.614. The first-order chi connectivity index (χ1) is 14.0. The normalized spacial score (nSPS) is 11.7. The maximum Gasteiger partial charge on any atom is 0.242 e. The summed E-state index contributed by atoms with van der Waals surface area (Å²) in [6, 6.07) is 11.7. The van der Waals surface area contributed by atoms with Gasteiger partial charge in [-0.15, -0.1) is 11.8 Å². The fourth-order valence-corrected chi connectivity index (χ4v) is 3.84. The quantitative estimate of drug-likeness (QED) is 0.628. The van der Waals surface area contributed by atoms with E-state index in [0.717, 1.165) is 5.56 Å². The highest BCUT2D eigenvalue weighted by molar-refractivity contribution is 7.99. The molecule has 2 amide bonds. The van der Waals surface area contributed by atoms with E-state index in [1.54, 1.807) is 30.3 Å². The molecule has 0 saturated heterocycles. The summed E-state index contributed by atoms with van der Waals surface area (Å²) in [6.45, 7) is 4.34. The van der Waals surface area contributed by atoms with Crippen molar-refractivity contribution in [1.82, 2.24) is 10.2 Å². The first-order valence-electron chi connectivity index (χ1n) is 9.59. The molecular weight excluding hydrogens is 394 g/mol. The molecule has 2 aromatic rings. The Morgan fingerprint density at radius 1 is 1.07 bits per heavy atom. The number of carbonyl (C=O) groups is 2. The van der Waals surface area contributed by atoms with Crippen LogP contribution in [0.15, 0.2) is 48.5 Å². The van der Waals surface area contributed by atoms with Crippen LogP contribution in [0.5, 0.6) is 0 Å². The number of carbonyl (C=O) groups excluding carboxylic acids is 2. The lowest BCUT2D eigenvalue weighted by Crippen LogP contribution is -2.49. The molecule has 2 aromatic carbocycles. The van der Waals surface area contributed by atoms with Crippen LogP contribution >= 0.6 is 11.8 Å². The number of benzene rings is 2. The molecule has 2 rings (SSSR count). The SMILES string of the molecule is CCNC(=O)C(CC)N(Cc1ccc(F)cc1)C(=O)CSCc1ccccc1F. The number of hydrogen-bond donors (Lipinski definition) is 1. The Labute approximate surface area is 174 Å². The van der Waals surface area contributed by atoms with E-state index in [2.05, 4.69) is 5.32 Å². The van der Waals surface area contributed by atoms with E-state index in [1.807, 2.05) is 13.8 Å². The fourth-order valence-electron chi connectivity index (χ4n) is 2.94. The number of nitrogens with zero attached hydrogens (tertiary/aromatic N) is 1. The van der Waals surface area contributed by atoms with Crippen molar-refractivity contribution >= 4 is 23.6 Å². The minimum atomic E-state index is -0.624. The third-order valence-corrected chi connectivity index (χ3v) is 5.41. The standard InChI is InChI=1S/C22H26F2N2O2S/c1-3-20(22(28)25-4-2)26(13-16-9-11-18(23)12-10-16)21(27)15-29-14-17-7-5-6-8-19(17)24/h5-12,20H,3-4,13-15H2,1-2H3,(H,25,28). The zero-order valence-electron chi connectivity index (χ0n) is 16.7. The number of halogens is 2. The van der Waals surface area contributed by atoms with Crippen LogP contribution in [0.4, 0.5) is 8.78 Å². The van der Waals surface area contributed by atoms with Gasteiger partial charge in [-0.25, -0.2) is 8.78 Å². The van der Waals surface area contributed by atoms with E-state index in [4.69, 9.17) is 0 Å². The minimum Gasteiger partial charge on any atom is -0.355 e. The summed E-state index contributed by atoms with van der Waals surface area (Å²) in [4.78, 5) is 27.0. The number of amides is 2. The molecule has 0 saturated carbocycles. The van der Waals surface area contributed by atoms with Crippen molar-refractivity contribution in [1.29, 1.82) is 0 Å². The molecule has 0 aromatic heterocycles. The Balaban J connectivity index is 2.11. The van der Waals surface area contributed by atoms with Crippen molar-refractivity contribution in [2.24, 2.45) is 0 Å². The number of thioether (sulfide) groups is 1. The topological polar surface area (TPSA) is 49.4 Å². The second kappa shape index (κ2) is 11.6. The van der Waals surface area contributed by atoms with Gasteiger partial charge in [0.1, 0.15) is 17.7 Å². The van der Waals surface area contributed by atoms with Gasteiger partial charge in [-0.2, -0.15) is 0 Å². The summed E-state index contributed by atoms with van der Waals surface area (Å²) in [5.41, 5.74) is 1.27. The molecule has 0 aliphatic heterocycles. The van der Waals surface area contributed by atoms with E-state index in [9.17, 15) is 18.4 Å². The minimum absolute atomic E-state index is 0.117. The molecular formula is C22H26F2N2O2S. The molecule has 0 fully saturated rings. The maximum atomic E-state index is 13.8. The highest BCUT2D eigenvalue weighted by Crippen LogP contribution is 2.19. The van der Waals surface area contributed by atoms with Crippen molar-refractivity contribution in [3.63, 3.8) is 0 Å². The highest BCUT2D eigenvalue weighted by atomic mass is 32.2. The third-order valence-electron chi connectivity index (χ3n) is 4.44. The molecule has 156 valence electrons. The number of likely N-dealkylation sites (N-methyl/N-ethyl adjacent to an activating group) is 1. The van der Waals surface area contributed by atoms with Gasteiger partial charge >= 0.3 is 0 Å². The van der Waals surface area contributed by atoms with Gasteiger partial charge in [0, 0.05) is 18.8 Å². The van der Waals surface area contributed by atoms with Crippen LogP contribution in [-0.2, 0) is 21.9 Å². The van der Waals surface area contributed by atoms with E-state index in [0.29, 0.717) is 24.3 Å². The van der Waals surface area contributed by atoms with Crippen molar-refractivity contribution in [2.45, 2.75) is 38.6 Å². The van der Waals surface area contributed by atoms with Gasteiger partial charge in [-0.05, 0) is 42.7 Å². The monoisotopic (exact) mass is 420 g/mol. The zero-order chi connectivity index (χ0) is 21.2. The lowest BCUT2D eigenvalue weighted by Gasteiger charge is -2.30. The van der Waals surface area contributed by atoms with Gasteiger partial charge in [-0.3, -0.25) is 9.59 Å². The van der Waals surface area contributed by atoms with Gasteiger partial charge < -0.3 is 10.2 Å². The predicted octanol–water partition coefficient (Wildman–Crippen LogP) is 4.14. The zero-order valence-corrected chi connectivity index (χ0v) is 17.5. The van der Waals surface area contributed by atoms with E-state index in [1.165, 1.54) is 34.9 Å². The molecule has 4 nitrogen and oxygen atoms in total. The van der Waals surface area contributed by atoms with Crippen molar-refractivity contribution in [2.75, 3.05) is 12.3 Å². The van der Waals surface area contributed by atoms with Crippen LogP contribution in [-0.4, -0.2) is 35.1 Å². The van der Waals surface area contributed by atoms with E-state index in [-0.39, 0.29) is 35.7 Å². The Morgan fingerprint density at radius 2 is 1.76 bits per heavy atom. The third kappa shape index (κ3) is 6.85. The molecule has 0 bridgehead atoms. The molecule has 7 heteroatoms. The average Bonchev–Trinajstić information content (AvgIpc) is 2.71. The van der Waals surface area contributed by atoms with Crippen LogP contribution in [0.25, 0.3) is 0 Å². The molecule has 0 spiro atoms. The van der Waals surface area contributed by atoms with Crippen molar-refractivity contribution in [3.8, 4) is 0 Å². The molecule has 29 heavy (non-hydrogen) atoms.